The van der Waals surface area contributed by atoms with Crippen molar-refractivity contribution in [3.8, 4) is 67.5 Å². The molecule has 0 spiro atoms. The van der Waals surface area contributed by atoms with E-state index in [1.165, 1.54) is 25.7 Å². The van der Waals surface area contributed by atoms with Crippen LogP contribution in [0.4, 0.5) is 0 Å². The molecule has 1 atom stereocenters. The summed E-state index contributed by atoms with van der Waals surface area (Å²) in [4.78, 5) is 19.1. The summed E-state index contributed by atoms with van der Waals surface area (Å²) in [6.07, 6.45) is 19.8. The fraction of sp³-hybridized carbons (Fsp3) is 0.389. The Bertz CT molecular complexity index is 3420. The molecule has 1 unspecified atom stereocenters. The molecule has 5 heterocycles. The maximum absolute atomic E-state index is 6.74. The van der Waals surface area contributed by atoms with Crippen molar-refractivity contribution in [1.29, 1.82) is 0 Å². The highest BCUT2D eigenvalue weighted by Crippen LogP contribution is 2.40. The van der Waals surface area contributed by atoms with Gasteiger partial charge in [0.05, 0.1) is 132 Å². The van der Waals surface area contributed by atoms with E-state index in [2.05, 4.69) is 233 Å². The molecular weight excluding hydrogens is 1030 g/mol. The smallest absolute Gasteiger partial charge is 0.119 e. The lowest BCUT2D eigenvalue weighted by Crippen LogP contribution is -2.36. The van der Waals surface area contributed by atoms with Crippen LogP contribution in [0.15, 0.2) is 121 Å². The molecule has 11 heteroatoms. The monoisotopic (exact) mass is 1120 g/mol. The number of benzene rings is 4. The quantitative estimate of drug-likeness (QED) is 0.0375. The molecule has 4 aromatic carbocycles. The number of hydrogen-bond donors (Lipinski definition) is 2. The third kappa shape index (κ3) is 16.6. The molecule has 11 nitrogen and oxygen atoms in total. The molecule has 9 rings (SSSR count). The van der Waals surface area contributed by atoms with Gasteiger partial charge in [0, 0.05) is 63.6 Å². The lowest BCUT2D eigenvalue weighted by molar-refractivity contribution is -0.870. The van der Waals surface area contributed by atoms with Gasteiger partial charge in [0.2, 0.25) is 0 Å². The Morgan fingerprint density at radius 1 is 0.349 bits per heavy atom. The van der Waals surface area contributed by atoms with Crippen LogP contribution in [0.5, 0.6) is 23.0 Å². The Morgan fingerprint density at radius 3 is 0.952 bits per heavy atom. The average molecular weight is 1120 g/mol. The zero-order chi connectivity index (χ0) is 58.6. The summed E-state index contributed by atoms with van der Waals surface area (Å²) in [5.41, 5.74) is 15.1. The lowest BCUT2D eigenvalue weighted by atomic mass is 10.0. The Balaban J connectivity index is 1.23. The maximum Gasteiger partial charge on any atom is 0.119 e. The van der Waals surface area contributed by atoms with Gasteiger partial charge in [0.1, 0.15) is 23.0 Å². The first kappa shape index (κ1) is 60.2. The molecule has 436 valence electrons. The second-order valence-electron chi connectivity index (χ2n) is 25.6. The molecule has 7 aromatic rings. The minimum atomic E-state index is 0.188. The van der Waals surface area contributed by atoms with E-state index in [1.54, 1.807) is 0 Å². The summed E-state index contributed by atoms with van der Waals surface area (Å²) < 4.78 is 28.4. The number of fused-ring (bicyclic) bond motifs is 8. The predicted molar refractivity (Wildman–Crippen MR) is 348 cm³/mol. The van der Waals surface area contributed by atoms with Crippen molar-refractivity contribution in [2.24, 2.45) is 0 Å². The van der Waals surface area contributed by atoms with E-state index in [9.17, 15) is 0 Å². The fourth-order valence-electron chi connectivity index (χ4n) is 11.0. The number of ether oxygens (including phenoxy) is 4. The van der Waals surface area contributed by atoms with Gasteiger partial charge in [-0.25, -0.2) is 9.97 Å². The zero-order valence-electron chi connectivity index (χ0n) is 51.6. The minimum absolute atomic E-state index is 0.188. The highest BCUT2D eigenvalue weighted by atomic mass is 16.5. The lowest BCUT2D eigenvalue weighted by Gasteiger charge is -2.23. The van der Waals surface area contributed by atoms with Crippen LogP contribution in [0.1, 0.15) is 101 Å². The molecule has 3 aromatic heterocycles. The van der Waals surface area contributed by atoms with Crippen molar-refractivity contribution < 1.29 is 32.4 Å². The number of rotatable bonds is 28. The summed E-state index contributed by atoms with van der Waals surface area (Å²) >= 11 is 0. The second kappa shape index (κ2) is 27.3. The van der Waals surface area contributed by atoms with Crippen molar-refractivity contribution in [1.82, 2.24) is 19.9 Å². The van der Waals surface area contributed by atoms with Crippen molar-refractivity contribution in [2.75, 3.05) is 103 Å². The van der Waals surface area contributed by atoms with E-state index >= 15 is 0 Å². The summed E-state index contributed by atoms with van der Waals surface area (Å²) in [6, 6.07) is 42.8. The molecular formula is C72H92N7O4+3. The maximum atomic E-state index is 6.74. The van der Waals surface area contributed by atoms with E-state index in [0.29, 0.717) is 19.8 Å². The number of nitrogens with one attached hydrogen (secondary N) is 2. The first-order valence-corrected chi connectivity index (χ1v) is 30.4. The van der Waals surface area contributed by atoms with Gasteiger partial charge in [-0.2, -0.15) is 0 Å². The van der Waals surface area contributed by atoms with Gasteiger partial charge >= 0.3 is 0 Å². The number of nitrogens with zero attached hydrogens (tertiary/aromatic N) is 5. The number of unbranched alkanes of at least 4 members (excludes halogenated alkanes) is 3. The Hall–Kier alpha value is -7.44. The third-order valence-corrected chi connectivity index (χ3v) is 15.3. The molecule has 0 aliphatic carbocycles. The number of aromatic amines is 2. The summed E-state index contributed by atoms with van der Waals surface area (Å²) in [7, 11) is 19.9. The number of aromatic nitrogens is 4. The Labute approximate surface area is 495 Å². The van der Waals surface area contributed by atoms with E-state index in [4.69, 9.17) is 28.9 Å². The van der Waals surface area contributed by atoms with Crippen LogP contribution in [0.3, 0.4) is 0 Å². The number of H-pyrrole nitrogens is 2. The molecule has 0 fully saturated rings. The average Bonchev–Trinajstić information content (AvgIpc) is 4.05. The van der Waals surface area contributed by atoms with Crippen LogP contribution in [-0.2, 0) is 0 Å². The fourth-order valence-corrected chi connectivity index (χ4v) is 11.0. The van der Waals surface area contributed by atoms with Gasteiger partial charge in [-0.05, 0) is 139 Å². The standard InChI is InChI=1S/C72H92N7O4/c1-12-14-15-16-21-59(20-13-2)83-60-36-28-55(29-37-60)72-67-44-42-65(75-67)70(53-24-32-57(33-25-53)81-50-18-47-78(6,7)8)63-40-38-61(73-63)69(52-22-30-56(31-23-52)80-49-17-46-77(3,4)5)62-39-41-64(74-62)71(66-43-45-68(72)76-66)54-26-34-58(35-27-54)82-51-19-48-79(9,10)11/h22-45,59,73,76H,12-21,46-51H2,1-11H3/q+3. The molecule has 2 aliphatic rings. The first-order chi connectivity index (χ1) is 39.9. The van der Waals surface area contributed by atoms with Crippen LogP contribution >= 0.6 is 0 Å². The summed E-state index contributed by atoms with van der Waals surface area (Å²) in [6.45, 7) is 9.58. The predicted octanol–water partition coefficient (Wildman–Crippen LogP) is 16.3. The van der Waals surface area contributed by atoms with Crippen LogP contribution in [0, 0.1) is 0 Å². The second-order valence-corrected chi connectivity index (χ2v) is 25.6. The van der Waals surface area contributed by atoms with Crippen molar-refractivity contribution in [3.05, 3.63) is 144 Å². The van der Waals surface area contributed by atoms with Crippen LogP contribution < -0.4 is 18.9 Å². The minimum Gasteiger partial charge on any atom is -0.493 e. The highest BCUT2D eigenvalue weighted by molar-refractivity contribution is 6.00. The molecule has 2 N–H and O–H groups in total. The van der Waals surface area contributed by atoms with E-state index < -0.39 is 0 Å². The number of hydrogen-bond acceptors (Lipinski definition) is 6. The third-order valence-electron chi connectivity index (χ3n) is 15.3. The molecule has 83 heavy (non-hydrogen) atoms. The largest absolute Gasteiger partial charge is 0.493 e. The number of quaternary nitrogens is 3. The molecule has 2 aliphatic heterocycles. The Morgan fingerprint density at radius 2 is 0.663 bits per heavy atom. The van der Waals surface area contributed by atoms with Crippen molar-refractivity contribution in [2.45, 2.75) is 84.2 Å². The molecule has 0 saturated heterocycles. The van der Waals surface area contributed by atoms with Crippen LogP contribution in [0.25, 0.3) is 90.9 Å². The zero-order valence-corrected chi connectivity index (χ0v) is 51.6. The summed E-state index contributed by atoms with van der Waals surface area (Å²) in [5, 5.41) is 0. The highest BCUT2D eigenvalue weighted by Gasteiger charge is 2.21. The Kier molecular flexibility index (Phi) is 19.8. The van der Waals surface area contributed by atoms with Gasteiger partial charge in [0.25, 0.3) is 0 Å². The topological polar surface area (TPSA) is 94.3 Å². The van der Waals surface area contributed by atoms with Crippen LogP contribution in [-0.4, -0.2) is 142 Å². The van der Waals surface area contributed by atoms with Crippen LogP contribution in [0.2, 0.25) is 0 Å². The summed E-state index contributed by atoms with van der Waals surface area (Å²) in [5.74, 6) is 3.42. The first-order valence-electron chi connectivity index (χ1n) is 30.4. The molecule has 8 bridgehead atoms. The van der Waals surface area contributed by atoms with Gasteiger partial charge in [0.15, 0.2) is 0 Å². The van der Waals surface area contributed by atoms with Gasteiger partial charge in [-0.3, -0.25) is 0 Å². The van der Waals surface area contributed by atoms with E-state index in [-0.39, 0.29) is 6.10 Å². The molecule has 0 amide bonds. The molecule has 0 saturated carbocycles. The SMILES string of the molecule is CCCCCCC(CCC)Oc1ccc(-c2c3nc(c(-c4ccc(OCCC[N+](C)(C)C)cc4)c4ccc([nH]4)c(-c4ccc(OCCC[N+](C)(C)C)cc4)c4nc(c(-c5ccc(OCCC[N+](C)(C)C)cc5)c5ccc2[nH]5)C=C4)C=C3)cc1. The van der Waals surface area contributed by atoms with Gasteiger partial charge < -0.3 is 42.4 Å². The van der Waals surface area contributed by atoms with Gasteiger partial charge in [-0.15, -0.1) is 0 Å². The van der Waals surface area contributed by atoms with E-state index in [0.717, 1.165) is 184 Å². The van der Waals surface area contributed by atoms with Crippen molar-refractivity contribution in [3.63, 3.8) is 0 Å². The van der Waals surface area contributed by atoms with Gasteiger partial charge in [-0.1, -0.05) is 88.1 Å². The van der Waals surface area contributed by atoms with E-state index in [1.807, 2.05) is 0 Å². The van der Waals surface area contributed by atoms with Crippen molar-refractivity contribution >= 4 is 46.4 Å². The normalized spacial score (nSPS) is 12.9. The molecule has 0 radical (unpaired) electrons.